The van der Waals surface area contributed by atoms with Crippen LogP contribution in [0.5, 0.6) is 11.5 Å². The fraction of sp³-hybridized carbons (Fsp3) is 0.350. The van der Waals surface area contributed by atoms with Crippen LogP contribution in [0, 0.1) is 0 Å². The molecule has 3 N–H and O–H groups in total. The van der Waals surface area contributed by atoms with E-state index in [4.69, 9.17) is 21.7 Å². The molecule has 0 atom stereocenters. The third-order valence-electron chi connectivity index (χ3n) is 5.00. The predicted molar refractivity (Wildman–Crippen MR) is 111 cm³/mol. The summed E-state index contributed by atoms with van der Waals surface area (Å²) in [5, 5.41) is 7.08. The van der Waals surface area contributed by atoms with Gasteiger partial charge in [0.1, 0.15) is 0 Å². The van der Waals surface area contributed by atoms with Gasteiger partial charge in [-0.25, -0.2) is 0 Å². The van der Waals surface area contributed by atoms with E-state index < -0.39 is 0 Å². The molecule has 4 rings (SSSR count). The Kier molecular flexibility index (Phi) is 5.31. The van der Waals surface area contributed by atoms with Gasteiger partial charge in [0.15, 0.2) is 16.6 Å². The zero-order chi connectivity index (χ0) is 18.6. The van der Waals surface area contributed by atoms with Crippen LogP contribution in [-0.2, 0) is 6.54 Å². The highest BCUT2D eigenvalue weighted by Crippen LogP contribution is 2.32. The second-order valence-electron chi connectivity index (χ2n) is 6.99. The number of anilines is 2. The fourth-order valence-electron chi connectivity index (χ4n) is 3.31. The molecule has 0 unspecified atom stereocenters. The average Bonchev–Trinajstić information content (AvgIpc) is 3.15. The smallest absolute Gasteiger partial charge is 0.231 e. The predicted octanol–water partition coefficient (Wildman–Crippen LogP) is 1.24. The van der Waals surface area contributed by atoms with Gasteiger partial charge in [0.05, 0.1) is 33.2 Å². The van der Waals surface area contributed by atoms with E-state index in [9.17, 15) is 0 Å². The van der Waals surface area contributed by atoms with Crippen LogP contribution < -0.4 is 29.9 Å². The van der Waals surface area contributed by atoms with Crippen LogP contribution in [0.1, 0.15) is 5.56 Å². The Balaban J connectivity index is 1.28. The van der Waals surface area contributed by atoms with Gasteiger partial charge in [-0.3, -0.25) is 0 Å². The van der Waals surface area contributed by atoms with Crippen molar-refractivity contribution in [2.75, 3.05) is 50.2 Å². The Bertz CT molecular complexity index is 804. The minimum atomic E-state index is 0.289. The lowest BCUT2D eigenvalue weighted by Crippen LogP contribution is -3.12. The molecule has 0 aromatic heterocycles. The molecule has 2 aromatic rings. The summed E-state index contributed by atoms with van der Waals surface area (Å²) in [4.78, 5) is 4.04. The molecule has 1 saturated heterocycles. The molecule has 2 aliphatic heterocycles. The highest BCUT2D eigenvalue weighted by molar-refractivity contribution is 7.80. The molecule has 7 heteroatoms. The normalized spacial score (nSPS) is 16.3. The molecule has 0 radical (unpaired) electrons. The first-order valence-electron chi connectivity index (χ1n) is 9.27. The van der Waals surface area contributed by atoms with Gasteiger partial charge < -0.3 is 29.9 Å². The fourth-order valence-corrected chi connectivity index (χ4v) is 3.50. The van der Waals surface area contributed by atoms with Crippen molar-refractivity contribution < 1.29 is 14.4 Å². The second-order valence-corrected chi connectivity index (χ2v) is 7.39. The second kappa shape index (κ2) is 8.02. The lowest BCUT2D eigenvalue weighted by Gasteiger charge is -2.31. The maximum Gasteiger partial charge on any atom is 0.231 e. The van der Waals surface area contributed by atoms with Crippen LogP contribution in [0.15, 0.2) is 42.5 Å². The Labute approximate surface area is 165 Å². The summed E-state index contributed by atoms with van der Waals surface area (Å²) in [7, 11) is 2.25. The van der Waals surface area contributed by atoms with Crippen LogP contribution in [-0.4, -0.2) is 45.1 Å². The van der Waals surface area contributed by atoms with Gasteiger partial charge in [-0.15, -0.1) is 0 Å². The number of ether oxygens (including phenoxy) is 2. The van der Waals surface area contributed by atoms with E-state index in [-0.39, 0.29) is 6.79 Å². The Morgan fingerprint density at radius 3 is 2.59 bits per heavy atom. The van der Waals surface area contributed by atoms with Crippen LogP contribution in [0.25, 0.3) is 0 Å². The minimum Gasteiger partial charge on any atom is -0.454 e. The largest absolute Gasteiger partial charge is 0.454 e. The maximum atomic E-state index is 5.41. The zero-order valence-corrected chi connectivity index (χ0v) is 16.3. The number of nitrogens with zero attached hydrogens (tertiary/aromatic N) is 1. The monoisotopic (exact) mass is 385 g/mol. The summed E-state index contributed by atoms with van der Waals surface area (Å²) < 4.78 is 10.7. The molecule has 142 valence electrons. The number of likely N-dealkylation sites (N-methyl/N-ethyl adjacent to an activating group) is 1. The van der Waals surface area contributed by atoms with Crippen LogP contribution in [0.3, 0.4) is 0 Å². The summed E-state index contributed by atoms with van der Waals surface area (Å²) in [6.07, 6.45) is 0. The Morgan fingerprint density at radius 2 is 1.81 bits per heavy atom. The van der Waals surface area contributed by atoms with E-state index in [0.29, 0.717) is 11.7 Å². The van der Waals surface area contributed by atoms with Gasteiger partial charge in [-0.2, -0.15) is 0 Å². The third kappa shape index (κ3) is 4.43. The first kappa shape index (κ1) is 17.9. The molecule has 2 aromatic carbocycles. The van der Waals surface area contributed by atoms with Crippen molar-refractivity contribution in [1.29, 1.82) is 0 Å². The lowest BCUT2D eigenvalue weighted by molar-refractivity contribution is -0.880. The number of nitrogens with one attached hydrogen (secondary N) is 3. The molecule has 0 amide bonds. The standard InChI is InChI=1S/C20H24N4O2S/c1-23-8-10-24(11-9-23)17-5-3-16(4-6-17)22-20(27)21-13-15-2-7-18-19(12-15)26-14-25-18/h2-7,12H,8-11,13-14H2,1H3,(H2,21,22,27)/p+1. The highest BCUT2D eigenvalue weighted by Gasteiger charge is 2.17. The van der Waals surface area contributed by atoms with Crippen LogP contribution in [0.4, 0.5) is 11.4 Å². The third-order valence-corrected chi connectivity index (χ3v) is 5.24. The number of fused-ring (bicyclic) bond motifs is 1. The zero-order valence-electron chi connectivity index (χ0n) is 15.5. The van der Waals surface area contributed by atoms with E-state index in [1.165, 1.54) is 18.8 Å². The molecule has 0 saturated carbocycles. The SMILES string of the molecule is C[NH+]1CCN(c2ccc(NC(=S)NCc3ccc4c(c3)OCO4)cc2)CC1. The number of hydrogen-bond donors (Lipinski definition) is 3. The number of hydrogen-bond acceptors (Lipinski definition) is 4. The molecule has 2 aliphatic rings. The van der Waals surface area contributed by atoms with Crippen LogP contribution >= 0.6 is 12.2 Å². The molecule has 27 heavy (non-hydrogen) atoms. The Hall–Kier alpha value is -2.51. The van der Waals surface area contributed by atoms with Gasteiger partial charge in [-0.05, 0) is 54.2 Å². The maximum absolute atomic E-state index is 5.41. The van der Waals surface area contributed by atoms with Crippen molar-refractivity contribution in [1.82, 2.24) is 5.32 Å². The molecule has 0 spiro atoms. The first-order chi connectivity index (χ1) is 13.2. The highest BCUT2D eigenvalue weighted by atomic mass is 32.1. The van der Waals surface area contributed by atoms with E-state index in [0.717, 1.165) is 35.8 Å². The number of thiocarbonyl (C=S) groups is 1. The lowest BCUT2D eigenvalue weighted by atomic mass is 10.2. The number of quaternary nitrogens is 1. The first-order valence-corrected chi connectivity index (χ1v) is 9.68. The molecule has 6 nitrogen and oxygen atoms in total. The Morgan fingerprint density at radius 1 is 1.07 bits per heavy atom. The van der Waals surface area contributed by atoms with Gasteiger partial charge in [0.2, 0.25) is 6.79 Å². The van der Waals surface area contributed by atoms with Crippen molar-refractivity contribution >= 4 is 28.7 Å². The number of piperazine rings is 1. The minimum absolute atomic E-state index is 0.289. The molecule has 0 bridgehead atoms. The van der Waals surface area contributed by atoms with Crippen molar-refractivity contribution in [3.63, 3.8) is 0 Å². The van der Waals surface area contributed by atoms with Gasteiger partial charge >= 0.3 is 0 Å². The molecular formula is C20H25N4O2S+. The summed E-state index contributed by atoms with van der Waals surface area (Å²) >= 11 is 5.41. The molecule has 0 aliphatic carbocycles. The summed E-state index contributed by atoms with van der Waals surface area (Å²) in [6, 6.07) is 14.4. The molecule has 1 fully saturated rings. The summed E-state index contributed by atoms with van der Waals surface area (Å²) in [5.41, 5.74) is 3.35. The summed E-state index contributed by atoms with van der Waals surface area (Å²) in [5.74, 6) is 1.58. The number of benzene rings is 2. The van der Waals surface area contributed by atoms with Gasteiger partial charge in [-0.1, -0.05) is 6.07 Å². The molecular weight excluding hydrogens is 360 g/mol. The van der Waals surface area contributed by atoms with E-state index in [1.807, 2.05) is 18.2 Å². The molecule has 2 heterocycles. The van der Waals surface area contributed by atoms with Gasteiger partial charge in [0, 0.05) is 17.9 Å². The summed E-state index contributed by atoms with van der Waals surface area (Å²) in [6.45, 7) is 5.51. The average molecular weight is 386 g/mol. The quantitative estimate of drug-likeness (QED) is 0.689. The van der Waals surface area contributed by atoms with Crippen molar-refractivity contribution in [3.05, 3.63) is 48.0 Å². The van der Waals surface area contributed by atoms with Crippen molar-refractivity contribution in [2.45, 2.75) is 6.54 Å². The van der Waals surface area contributed by atoms with E-state index in [1.54, 1.807) is 4.90 Å². The van der Waals surface area contributed by atoms with E-state index >= 15 is 0 Å². The van der Waals surface area contributed by atoms with Crippen molar-refractivity contribution in [2.24, 2.45) is 0 Å². The van der Waals surface area contributed by atoms with Gasteiger partial charge in [0.25, 0.3) is 0 Å². The number of rotatable bonds is 4. The van der Waals surface area contributed by atoms with Crippen molar-refractivity contribution in [3.8, 4) is 11.5 Å². The topological polar surface area (TPSA) is 50.2 Å². The van der Waals surface area contributed by atoms with Crippen LogP contribution in [0.2, 0.25) is 0 Å². The van der Waals surface area contributed by atoms with E-state index in [2.05, 4.69) is 46.8 Å².